The van der Waals surface area contributed by atoms with Gasteiger partial charge in [0.15, 0.2) is 0 Å². The smallest absolute Gasteiger partial charge is 0.408 e. The van der Waals surface area contributed by atoms with Crippen LogP contribution in [0.5, 0.6) is 5.75 Å². The number of hydrogen-bond acceptors (Lipinski definition) is 3. The molecule has 1 atom stereocenters. The van der Waals surface area contributed by atoms with Crippen molar-refractivity contribution in [3.05, 3.63) is 28.2 Å². The second-order valence-electron chi connectivity index (χ2n) is 4.62. The largest absolute Gasteiger partial charge is 0.497 e. The van der Waals surface area contributed by atoms with Gasteiger partial charge in [0, 0.05) is 30.7 Å². The first-order chi connectivity index (χ1) is 9.43. The van der Waals surface area contributed by atoms with Crippen LogP contribution in [0.4, 0.5) is 13.2 Å². The molecule has 2 rings (SSSR count). The van der Waals surface area contributed by atoms with Crippen LogP contribution in [0.15, 0.2) is 22.7 Å². The predicted molar refractivity (Wildman–Crippen MR) is 81.2 cm³/mol. The molecule has 0 amide bonds. The summed E-state index contributed by atoms with van der Waals surface area (Å²) < 4.78 is 45.9. The molecule has 0 aliphatic carbocycles. The molecule has 8 heteroatoms. The first-order valence-electron chi connectivity index (χ1n) is 6.28. The van der Waals surface area contributed by atoms with Crippen LogP contribution < -0.4 is 10.1 Å². The van der Waals surface area contributed by atoms with E-state index in [1.807, 2.05) is 0 Å². The topological polar surface area (TPSA) is 24.5 Å². The number of methoxy groups -OCH3 is 1. The Morgan fingerprint density at radius 1 is 1.29 bits per heavy atom. The molecule has 1 heterocycles. The molecule has 1 N–H and O–H groups in total. The van der Waals surface area contributed by atoms with Crippen molar-refractivity contribution in [1.29, 1.82) is 0 Å². The Bertz CT molecular complexity index is 467. The minimum Gasteiger partial charge on any atom is -0.497 e. The lowest BCUT2D eigenvalue weighted by Gasteiger charge is -2.36. The standard InChI is InChI=1S/C13H16BrF3N2O.ClH/c1-20-9-2-3-11(14)10(8-9)12(13(15,16)17)19-6-4-18-5-7-19;/h2-3,8,12,18H,4-7H2,1H3;1H/t12-;/m0./s1. The van der Waals surface area contributed by atoms with Crippen LogP contribution in [-0.4, -0.2) is 44.4 Å². The van der Waals surface area contributed by atoms with E-state index in [2.05, 4.69) is 21.2 Å². The van der Waals surface area contributed by atoms with Crippen molar-refractivity contribution in [2.75, 3.05) is 33.3 Å². The van der Waals surface area contributed by atoms with Crippen LogP contribution >= 0.6 is 28.3 Å². The third-order valence-electron chi connectivity index (χ3n) is 3.32. The third kappa shape index (κ3) is 4.48. The molecule has 3 nitrogen and oxygen atoms in total. The summed E-state index contributed by atoms with van der Waals surface area (Å²) in [5.74, 6) is 0.424. The summed E-state index contributed by atoms with van der Waals surface area (Å²) in [6.45, 7) is 1.87. The Morgan fingerprint density at radius 2 is 1.90 bits per heavy atom. The van der Waals surface area contributed by atoms with Gasteiger partial charge in [-0.05, 0) is 23.8 Å². The average molecular weight is 390 g/mol. The molecule has 1 aliphatic rings. The third-order valence-corrected chi connectivity index (χ3v) is 4.05. The van der Waals surface area contributed by atoms with Crippen molar-refractivity contribution in [2.24, 2.45) is 0 Å². The maximum atomic E-state index is 13.5. The van der Waals surface area contributed by atoms with Crippen LogP contribution in [0.2, 0.25) is 0 Å². The summed E-state index contributed by atoms with van der Waals surface area (Å²) in [5, 5.41) is 3.06. The van der Waals surface area contributed by atoms with Gasteiger partial charge in [0.2, 0.25) is 0 Å². The van der Waals surface area contributed by atoms with Crippen molar-refractivity contribution < 1.29 is 17.9 Å². The van der Waals surface area contributed by atoms with Crippen molar-refractivity contribution in [1.82, 2.24) is 10.2 Å². The number of halogens is 5. The molecule has 120 valence electrons. The van der Waals surface area contributed by atoms with Gasteiger partial charge in [0.05, 0.1) is 7.11 Å². The van der Waals surface area contributed by atoms with Crippen molar-refractivity contribution in [3.8, 4) is 5.75 Å². The molecule has 1 aliphatic heterocycles. The molecule has 0 radical (unpaired) electrons. The number of piperazine rings is 1. The van der Waals surface area contributed by atoms with E-state index < -0.39 is 12.2 Å². The second-order valence-corrected chi connectivity index (χ2v) is 5.47. The van der Waals surface area contributed by atoms with E-state index in [0.717, 1.165) is 0 Å². The van der Waals surface area contributed by atoms with Gasteiger partial charge in [-0.1, -0.05) is 15.9 Å². The van der Waals surface area contributed by atoms with E-state index in [0.29, 0.717) is 36.4 Å². The first kappa shape index (κ1) is 18.5. The lowest BCUT2D eigenvalue weighted by atomic mass is 10.0. The monoisotopic (exact) mass is 388 g/mol. The number of ether oxygens (including phenoxy) is 1. The van der Waals surface area contributed by atoms with Crippen LogP contribution in [0, 0.1) is 0 Å². The van der Waals surface area contributed by atoms with Gasteiger partial charge in [0.1, 0.15) is 11.8 Å². The van der Waals surface area contributed by atoms with Crippen LogP contribution in [-0.2, 0) is 0 Å². The highest BCUT2D eigenvalue weighted by atomic mass is 79.9. The van der Waals surface area contributed by atoms with E-state index in [4.69, 9.17) is 4.74 Å². The molecule has 1 aromatic carbocycles. The highest BCUT2D eigenvalue weighted by Crippen LogP contribution is 2.41. The quantitative estimate of drug-likeness (QED) is 0.858. The Morgan fingerprint density at radius 3 is 2.43 bits per heavy atom. The molecule has 0 spiro atoms. The predicted octanol–water partition coefficient (Wildman–Crippen LogP) is 3.39. The summed E-state index contributed by atoms with van der Waals surface area (Å²) in [7, 11) is 1.44. The number of hydrogen-bond donors (Lipinski definition) is 1. The zero-order valence-electron chi connectivity index (χ0n) is 11.4. The summed E-state index contributed by atoms with van der Waals surface area (Å²) >= 11 is 3.22. The van der Waals surface area contributed by atoms with Crippen molar-refractivity contribution in [3.63, 3.8) is 0 Å². The van der Waals surface area contributed by atoms with Gasteiger partial charge in [-0.15, -0.1) is 12.4 Å². The van der Waals surface area contributed by atoms with Gasteiger partial charge in [-0.3, -0.25) is 4.90 Å². The lowest BCUT2D eigenvalue weighted by Crippen LogP contribution is -2.49. The molecule has 1 fully saturated rings. The zero-order valence-corrected chi connectivity index (χ0v) is 13.8. The maximum Gasteiger partial charge on any atom is 0.408 e. The zero-order chi connectivity index (χ0) is 14.8. The number of rotatable bonds is 3. The molecule has 0 unspecified atom stereocenters. The fraction of sp³-hybridized carbons (Fsp3) is 0.538. The molecule has 0 bridgehead atoms. The van der Waals surface area contributed by atoms with Crippen molar-refractivity contribution >= 4 is 28.3 Å². The molecule has 1 aromatic rings. The SMILES string of the molecule is COc1ccc(Br)c([C@H](N2CCNCC2)C(F)(F)F)c1.Cl. The Kier molecular flexibility index (Phi) is 6.77. The fourth-order valence-corrected chi connectivity index (χ4v) is 2.84. The van der Waals surface area contributed by atoms with Gasteiger partial charge in [-0.25, -0.2) is 0 Å². The summed E-state index contributed by atoms with van der Waals surface area (Å²) in [5.41, 5.74) is 0.193. The van der Waals surface area contributed by atoms with Crippen LogP contribution in [0.1, 0.15) is 11.6 Å². The van der Waals surface area contributed by atoms with Gasteiger partial charge >= 0.3 is 6.18 Å². The Hall–Kier alpha value is -0.500. The fourth-order valence-electron chi connectivity index (χ4n) is 2.38. The number of benzene rings is 1. The molecular weight excluding hydrogens is 373 g/mol. The number of alkyl halides is 3. The van der Waals surface area contributed by atoms with Gasteiger partial charge in [-0.2, -0.15) is 13.2 Å². The van der Waals surface area contributed by atoms with E-state index >= 15 is 0 Å². The van der Waals surface area contributed by atoms with Gasteiger partial charge in [0.25, 0.3) is 0 Å². The Balaban J connectivity index is 0.00000220. The van der Waals surface area contributed by atoms with Gasteiger partial charge < -0.3 is 10.1 Å². The Labute approximate surface area is 136 Å². The minimum atomic E-state index is -4.33. The highest BCUT2D eigenvalue weighted by molar-refractivity contribution is 9.10. The average Bonchev–Trinajstić information content (AvgIpc) is 2.41. The van der Waals surface area contributed by atoms with E-state index in [9.17, 15) is 13.2 Å². The van der Waals surface area contributed by atoms with E-state index in [1.165, 1.54) is 18.1 Å². The first-order valence-corrected chi connectivity index (χ1v) is 7.07. The summed E-state index contributed by atoms with van der Waals surface area (Å²) in [6, 6.07) is 3.06. The number of nitrogens with zero attached hydrogens (tertiary/aromatic N) is 1. The number of nitrogens with one attached hydrogen (secondary N) is 1. The molecule has 0 saturated carbocycles. The maximum absolute atomic E-state index is 13.5. The lowest BCUT2D eigenvalue weighted by molar-refractivity contribution is -0.188. The van der Waals surface area contributed by atoms with Crippen LogP contribution in [0.3, 0.4) is 0 Å². The van der Waals surface area contributed by atoms with E-state index in [1.54, 1.807) is 12.1 Å². The molecule has 0 aromatic heterocycles. The normalized spacial score (nSPS) is 18.0. The van der Waals surface area contributed by atoms with Crippen molar-refractivity contribution in [2.45, 2.75) is 12.2 Å². The van der Waals surface area contributed by atoms with E-state index in [-0.39, 0.29) is 18.0 Å². The second kappa shape index (κ2) is 7.67. The summed E-state index contributed by atoms with van der Waals surface area (Å²) in [6.07, 6.45) is -4.33. The minimum absolute atomic E-state index is 0. The molecular formula is C13H17BrClF3N2O. The molecule has 21 heavy (non-hydrogen) atoms. The highest BCUT2D eigenvalue weighted by Gasteiger charge is 2.45. The van der Waals surface area contributed by atoms with Crippen LogP contribution in [0.25, 0.3) is 0 Å². The molecule has 1 saturated heterocycles. The summed E-state index contributed by atoms with van der Waals surface area (Å²) in [4.78, 5) is 1.45.